The molecular formula is C14H17N. The second kappa shape index (κ2) is 4.35. The van der Waals surface area contributed by atoms with Crippen LogP contribution in [0.1, 0.15) is 25.5 Å². The summed E-state index contributed by atoms with van der Waals surface area (Å²) < 4.78 is 0. The van der Waals surface area contributed by atoms with E-state index in [1.165, 1.54) is 11.3 Å². The summed E-state index contributed by atoms with van der Waals surface area (Å²) in [7, 11) is 0. The molecule has 1 heterocycles. The molecule has 0 saturated heterocycles. The maximum atomic E-state index is 3.54. The number of allylic oxidation sites excluding steroid dienone is 3. The normalized spacial score (nSPS) is 19.9. The summed E-state index contributed by atoms with van der Waals surface area (Å²) in [6, 6.07) is 10.9. The Hall–Kier alpha value is -1.50. The summed E-state index contributed by atoms with van der Waals surface area (Å²) in [6.45, 7) is 4.42. The molecule has 1 unspecified atom stereocenters. The molecule has 0 bridgehead atoms. The van der Waals surface area contributed by atoms with Crippen LogP contribution in [-0.2, 0) is 0 Å². The van der Waals surface area contributed by atoms with Crippen LogP contribution in [0.3, 0.4) is 0 Å². The Bertz CT molecular complexity index is 374. The molecule has 1 heteroatoms. The van der Waals surface area contributed by atoms with Gasteiger partial charge < -0.3 is 5.32 Å². The van der Waals surface area contributed by atoms with Crippen molar-refractivity contribution in [1.29, 1.82) is 0 Å². The van der Waals surface area contributed by atoms with E-state index in [-0.39, 0.29) is 0 Å². The molecule has 0 fully saturated rings. The topological polar surface area (TPSA) is 12.0 Å². The van der Waals surface area contributed by atoms with Gasteiger partial charge in [0, 0.05) is 5.70 Å². The van der Waals surface area contributed by atoms with Crippen molar-refractivity contribution < 1.29 is 0 Å². The highest BCUT2D eigenvalue weighted by molar-refractivity contribution is 5.30. The molecule has 1 atom stereocenters. The molecule has 2 rings (SSSR count). The number of nitrogens with one attached hydrogen (secondary N) is 1. The monoisotopic (exact) mass is 199 g/mol. The lowest BCUT2D eigenvalue weighted by Gasteiger charge is -2.24. The quantitative estimate of drug-likeness (QED) is 0.769. The fourth-order valence-electron chi connectivity index (χ4n) is 1.76. The van der Waals surface area contributed by atoms with Gasteiger partial charge in [0.05, 0.1) is 6.04 Å². The van der Waals surface area contributed by atoms with E-state index in [4.69, 9.17) is 0 Å². The number of benzene rings is 1. The maximum Gasteiger partial charge on any atom is 0.0698 e. The number of rotatable bonds is 2. The molecule has 1 aromatic carbocycles. The summed E-state index contributed by atoms with van der Waals surface area (Å²) in [6.07, 6.45) is 6.49. The molecule has 0 radical (unpaired) electrons. The van der Waals surface area contributed by atoms with Crippen molar-refractivity contribution in [3.63, 3.8) is 0 Å². The van der Waals surface area contributed by atoms with Crippen LogP contribution in [0.15, 0.2) is 54.3 Å². The van der Waals surface area contributed by atoms with Gasteiger partial charge in [0.1, 0.15) is 0 Å². The third-order valence-corrected chi connectivity index (χ3v) is 2.68. The van der Waals surface area contributed by atoms with Gasteiger partial charge in [0.2, 0.25) is 0 Å². The van der Waals surface area contributed by atoms with Crippen molar-refractivity contribution in [3.8, 4) is 0 Å². The van der Waals surface area contributed by atoms with Crippen LogP contribution in [0.4, 0.5) is 0 Å². The van der Waals surface area contributed by atoms with E-state index >= 15 is 0 Å². The van der Waals surface area contributed by atoms with Crippen LogP contribution in [0.2, 0.25) is 0 Å². The Morgan fingerprint density at radius 2 is 1.87 bits per heavy atom. The zero-order valence-corrected chi connectivity index (χ0v) is 9.27. The van der Waals surface area contributed by atoms with Gasteiger partial charge in [-0.05, 0) is 17.6 Å². The minimum Gasteiger partial charge on any atom is -0.378 e. The fourth-order valence-corrected chi connectivity index (χ4v) is 1.76. The van der Waals surface area contributed by atoms with Crippen molar-refractivity contribution in [1.82, 2.24) is 5.32 Å². The SMILES string of the molecule is CC(C)C1=CC=CC(c2ccccc2)N1. The van der Waals surface area contributed by atoms with Gasteiger partial charge in [-0.15, -0.1) is 0 Å². The zero-order valence-electron chi connectivity index (χ0n) is 9.27. The molecule has 1 aliphatic heterocycles. The number of hydrogen-bond acceptors (Lipinski definition) is 1. The molecule has 0 spiro atoms. The molecule has 1 aromatic rings. The summed E-state index contributed by atoms with van der Waals surface area (Å²) >= 11 is 0. The predicted molar refractivity (Wildman–Crippen MR) is 64.4 cm³/mol. The Balaban J connectivity index is 2.16. The standard InChI is InChI=1S/C14H17N/c1-11(2)13-9-6-10-14(15-13)12-7-4-3-5-8-12/h3-11,14-15H,1-2H3. The van der Waals surface area contributed by atoms with E-state index in [2.05, 4.69) is 67.7 Å². The van der Waals surface area contributed by atoms with Crippen LogP contribution in [-0.4, -0.2) is 0 Å². The lowest BCUT2D eigenvalue weighted by Crippen LogP contribution is -2.24. The van der Waals surface area contributed by atoms with Crippen molar-refractivity contribution in [3.05, 3.63) is 59.8 Å². The van der Waals surface area contributed by atoms with Gasteiger partial charge in [-0.3, -0.25) is 0 Å². The van der Waals surface area contributed by atoms with E-state index in [0.717, 1.165) is 0 Å². The molecule has 1 nitrogen and oxygen atoms in total. The first-order valence-corrected chi connectivity index (χ1v) is 5.47. The highest BCUT2D eigenvalue weighted by atomic mass is 14.9. The molecule has 1 aliphatic rings. The Morgan fingerprint density at radius 1 is 1.13 bits per heavy atom. The van der Waals surface area contributed by atoms with Crippen molar-refractivity contribution in [2.24, 2.45) is 5.92 Å². The highest BCUT2D eigenvalue weighted by Gasteiger charge is 2.13. The second-order valence-corrected chi connectivity index (χ2v) is 4.19. The first-order valence-electron chi connectivity index (χ1n) is 5.47. The van der Waals surface area contributed by atoms with E-state index in [1.807, 2.05) is 0 Å². The molecular weight excluding hydrogens is 182 g/mol. The average molecular weight is 199 g/mol. The summed E-state index contributed by atoms with van der Waals surface area (Å²) in [4.78, 5) is 0. The third kappa shape index (κ3) is 2.30. The summed E-state index contributed by atoms with van der Waals surface area (Å²) in [5, 5.41) is 3.54. The first kappa shape index (κ1) is 10.0. The number of dihydropyridines is 1. The van der Waals surface area contributed by atoms with Gasteiger partial charge >= 0.3 is 0 Å². The van der Waals surface area contributed by atoms with E-state index in [1.54, 1.807) is 0 Å². The lowest BCUT2D eigenvalue weighted by atomic mass is 10.0. The maximum absolute atomic E-state index is 3.54. The minimum atomic E-state index is 0.327. The molecule has 0 aliphatic carbocycles. The molecule has 1 N–H and O–H groups in total. The minimum absolute atomic E-state index is 0.327. The van der Waals surface area contributed by atoms with E-state index in [0.29, 0.717) is 12.0 Å². The van der Waals surface area contributed by atoms with E-state index < -0.39 is 0 Å². The van der Waals surface area contributed by atoms with Gasteiger partial charge in [-0.25, -0.2) is 0 Å². The van der Waals surface area contributed by atoms with Gasteiger partial charge in [0.25, 0.3) is 0 Å². The first-order chi connectivity index (χ1) is 7.27. The van der Waals surface area contributed by atoms with Crippen LogP contribution in [0, 0.1) is 5.92 Å². The predicted octanol–water partition coefficient (Wildman–Crippen LogP) is 3.43. The lowest BCUT2D eigenvalue weighted by molar-refractivity contribution is 0.603. The van der Waals surface area contributed by atoms with Crippen LogP contribution < -0.4 is 5.32 Å². The largest absolute Gasteiger partial charge is 0.378 e. The molecule has 0 saturated carbocycles. The summed E-state index contributed by atoms with van der Waals surface area (Å²) in [5.41, 5.74) is 2.63. The Kier molecular flexibility index (Phi) is 2.91. The molecule has 0 aromatic heterocycles. The average Bonchev–Trinajstić information content (AvgIpc) is 2.30. The molecule has 15 heavy (non-hydrogen) atoms. The molecule has 78 valence electrons. The summed E-state index contributed by atoms with van der Waals surface area (Å²) in [5.74, 6) is 0.557. The van der Waals surface area contributed by atoms with Crippen molar-refractivity contribution in [2.75, 3.05) is 0 Å². The van der Waals surface area contributed by atoms with Gasteiger partial charge in [-0.2, -0.15) is 0 Å². The Morgan fingerprint density at radius 3 is 2.53 bits per heavy atom. The highest BCUT2D eigenvalue weighted by Crippen LogP contribution is 2.21. The smallest absolute Gasteiger partial charge is 0.0698 e. The third-order valence-electron chi connectivity index (χ3n) is 2.68. The number of hydrogen-bond donors (Lipinski definition) is 1. The van der Waals surface area contributed by atoms with Gasteiger partial charge in [-0.1, -0.05) is 56.3 Å². The van der Waals surface area contributed by atoms with Crippen molar-refractivity contribution >= 4 is 0 Å². The van der Waals surface area contributed by atoms with Crippen molar-refractivity contribution in [2.45, 2.75) is 19.9 Å². The second-order valence-electron chi connectivity index (χ2n) is 4.19. The van der Waals surface area contributed by atoms with Crippen LogP contribution >= 0.6 is 0 Å². The van der Waals surface area contributed by atoms with E-state index in [9.17, 15) is 0 Å². The Labute approximate surface area is 91.5 Å². The van der Waals surface area contributed by atoms with Crippen LogP contribution in [0.25, 0.3) is 0 Å². The fraction of sp³-hybridized carbons (Fsp3) is 0.286. The molecule has 0 amide bonds. The zero-order chi connectivity index (χ0) is 10.7. The van der Waals surface area contributed by atoms with Gasteiger partial charge in [0.15, 0.2) is 0 Å². The van der Waals surface area contributed by atoms with Crippen LogP contribution in [0.5, 0.6) is 0 Å².